The predicted molar refractivity (Wildman–Crippen MR) is 98.3 cm³/mol. The summed E-state index contributed by atoms with van der Waals surface area (Å²) in [5, 5.41) is 3.59. The van der Waals surface area contributed by atoms with E-state index in [2.05, 4.69) is 5.32 Å². The first-order valence-corrected chi connectivity index (χ1v) is 8.72. The summed E-state index contributed by atoms with van der Waals surface area (Å²) in [5.41, 5.74) is 2.57. The summed E-state index contributed by atoms with van der Waals surface area (Å²) in [6.07, 6.45) is 0.809. The van der Waals surface area contributed by atoms with Crippen LogP contribution in [-0.4, -0.2) is 38.3 Å². The van der Waals surface area contributed by atoms with Gasteiger partial charge in [-0.3, -0.25) is 9.69 Å². The molecule has 2 aromatic carbocycles. The Morgan fingerprint density at radius 3 is 2.81 bits per heavy atom. The number of benzene rings is 2. The molecule has 0 bridgehead atoms. The number of methoxy groups -OCH3 is 1. The molecule has 2 aliphatic heterocycles. The highest BCUT2D eigenvalue weighted by molar-refractivity contribution is 6.30. The number of likely N-dealkylation sites (N-methyl/N-ethyl adjacent to an activating group) is 1. The van der Waals surface area contributed by atoms with Crippen molar-refractivity contribution in [2.24, 2.45) is 0 Å². The van der Waals surface area contributed by atoms with E-state index >= 15 is 0 Å². The normalized spacial score (nSPS) is 18.3. The Balaban J connectivity index is 1.73. The minimum Gasteiger partial charge on any atom is -0.492 e. The van der Waals surface area contributed by atoms with Crippen molar-refractivity contribution < 1.29 is 19.0 Å². The van der Waals surface area contributed by atoms with Gasteiger partial charge >= 0.3 is 0 Å². The van der Waals surface area contributed by atoms with Crippen molar-refractivity contribution in [1.29, 1.82) is 0 Å². The van der Waals surface area contributed by atoms with E-state index < -0.39 is 6.04 Å². The van der Waals surface area contributed by atoms with Crippen LogP contribution in [0.5, 0.6) is 17.2 Å². The molecule has 26 heavy (non-hydrogen) atoms. The summed E-state index contributed by atoms with van der Waals surface area (Å²) >= 11 is 5.92. The zero-order valence-electron chi connectivity index (χ0n) is 14.5. The van der Waals surface area contributed by atoms with E-state index in [4.69, 9.17) is 25.8 Å². The largest absolute Gasteiger partial charge is 0.492 e. The van der Waals surface area contributed by atoms with Gasteiger partial charge in [0.25, 0.3) is 0 Å². The molecule has 0 fully saturated rings. The van der Waals surface area contributed by atoms with Gasteiger partial charge in [0, 0.05) is 22.8 Å². The molecule has 2 aromatic rings. The monoisotopic (exact) mass is 374 g/mol. The Hall–Kier alpha value is -2.44. The summed E-state index contributed by atoms with van der Waals surface area (Å²) in [6, 6.07) is 8.51. The van der Waals surface area contributed by atoms with Crippen LogP contribution >= 0.6 is 11.6 Å². The van der Waals surface area contributed by atoms with Crippen LogP contribution in [-0.2, 0) is 11.2 Å². The standard InChI is InChI=1S/C19H19ClN2O4/c1-22-8-7-11-9-14-17(26-10-25-14)18(24-2)15(11)16(22)19(23)21-13-5-3-12(20)4-6-13/h3-6,9,16H,7-8,10H2,1-2H3,(H,21,23). The molecule has 7 heteroatoms. The maximum absolute atomic E-state index is 13.1. The van der Waals surface area contributed by atoms with E-state index in [9.17, 15) is 4.79 Å². The third kappa shape index (κ3) is 2.85. The molecule has 1 unspecified atom stereocenters. The van der Waals surface area contributed by atoms with E-state index in [0.717, 1.165) is 24.1 Å². The van der Waals surface area contributed by atoms with Crippen LogP contribution in [0.25, 0.3) is 0 Å². The first-order chi connectivity index (χ1) is 12.6. The van der Waals surface area contributed by atoms with E-state index in [1.807, 2.05) is 18.0 Å². The second kappa shape index (κ2) is 6.70. The van der Waals surface area contributed by atoms with Crippen LogP contribution in [0.2, 0.25) is 5.02 Å². The Bertz CT molecular complexity index is 854. The first-order valence-electron chi connectivity index (χ1n) is 8.34. The smallest absolute Gasteiger partial charge is 0.246 e. The van der Waals surface area contributed by atoms with Crippen molar-refractivity contribution in [2.75, 3.05) is 32.8 Å². The number of anilines is 1. The number of amides is 1. The van der Waals surface area contributed by atoms with Crippen LogP contribution in [0, 0.1) is 0 Å². The highest BCUT2D eigenvalue weighted by Gasteiger charge is 2.37. The van der Waals surface area contributed by atoms with Crippen molar-refractivity contribution in [3.05, 3.63) is 46.5 Å². The number of ether oxygens (including phenoxy) is 3. The van der Waals surface area contributed by atoms with Gasteiger partial charge in [-0.15, -0.1) is 0 Å². The molecule has 0 saturated carbocycles. The third-order valence-electron chi connectivity index (χ3n) is 4.76. The van der Waals surface area contributed by atoms with Crippen LogP contribution < -0.4 is 19.5 Å². The number of carbonyl (C=O) groups excluding carboxylic acids is 1. The highest BCUT2D eigenvalue weighted by atomic mass is 35.5. The molecule has 0 radical (unpaired) electrons. The third-order valence-corrected chi connectivity index (χ3v) is 5.01. The Morgan fingerprint density at radius 2 is 2.08 bits per heavy atom. The van der Waals surface area contributed by atoms with Gasteiger partial charge in [0.15, 0.2) is 11.5 Å². The lowest BCUT2D eigenvalue weighted by molar-refractivity contribution is -0.121. The molecule has 2 aliphatic rings. The fraction of sp³-hybridized carbons (Fsp3) is 0.316. The van der Waals surface area contributed by atoms with Gasteiger partial charge < -0.3 is 19.5 Å². The molecule has 1 amide bonds. The molecule has 0 aromatic heterocycles. The number of fused-ring (bicyclic) bond motifs is 2. The first kappa shape index (κ1) is 17.0. The van der Waals surface area contributed by atoms with E-state index in [-0.39, 0.29) is 12.7 Å². The maximum Gasteiger partial charge on any atom is 0.246 e. The number of hydrogen-bond donors (Lipinski definition) is 1. The lowest BCUT2D eigenvalue weighted by atomic mass is 9.90. The fourth-order valence-corrected chi connectivity index (χ4v) is 3.63. The Kier molecular flexibility index (Phi) is 4.38. The Labute approximate surface area is 156 Å². The fourth-order valence-electron chi connectivity index (χ4n) is 3.51. The average Bonchev–Trinajstić information content (AvgIpc) is 3.10. The summed E-state index contributed by atoms with van der Waals surface area (Å²) in [6.45, 7) is 0.917. The lowest BCUT2D eigenvalue weighted by Crippen LogP contribution is -2.39. The number of nitrogens with one attached hydrogen (secondary N) is 1. The van der Waals surface area contributed by atoms with Gasteiger partial charge in [-0.2, -0.15) is 0 Å². The summed E-state index contributed by atoms with van der Waals surface area (Å²) in [5.74, 6) is 1.67. The quantitative estimate of drug-likeness (QED) is 0.893. The topological polar surface area (TPSA) is 60.0 Å². The number of rotatable bonds is 3. The molecule has 4 rings (SSSR count). The van der Waals surface area contributed by atoms with Gasteiger partial charge in [0.2, 0.25) is 18.4 Å². The van der Waals surface area contributed by atoms with E-state index in [1.54, 1.807) is 31.4 Å². The predicted octanol–water partition coefficient (Wildman–Crippen LogP) is 3.25. The molecular weight excluding hydrogens is 356 g/mol. The molecule has 1 N–H and O–H groups in total. The maximum atomic E-state index is 13.1. The zero-order chi connectivity index (χ0) is 18.3. The molecule has 136 valence electrons. The lowest BCUT2D eigenvalue weighted by Gasteiger charge is -2.34. The van der Waals surface area contributed by atoms with Crippen molar-refractivity contribution in [1.82, 2.24) is 4.90 Å². The van der Waals surface area contributed by atoms with Crippen LogP contribution in [0.4, 0.5) is 5.69 Å². The summed E-state index contributed by atoms with van der Waals surface area (Å²) in [4.78, 5) is 15.1. The number of halogens is 1. The van der Waals surface area contributed by atoms with Gasteiger partial charge in [-0.05, 0) is 49.4 Å². The van der Waals surface area contributed by atoms with E-state index in [0.29, 0.717) is 28.0 Å². The molecule has 0 aliphatic carbocycles. The number of carbonyl (C=O) groups is 1. The van der Waals surface area contributed by atoms with Crippen LogP contribution in [0.1, 0.15) is 17.2 Å². The van der Waals surface area contributed by atoms with Crippen molar-refractivity contribution in [3.63, 3.8) is 0 Å². The van der Waals surface area contributed by atoms with Crippen molar-refractivity contribution in [3.8, 4) is 17.2 Å². The second-order valence-corrected chi connectivity index (χ2v) is 6.78. The Morgan fingerprint density at radius 1 is 1.31 bits per heavy atom. The molecule has 0 saturated heterocycles. The SMILES string of the molecule is COc1c2c(cc3c1C(C(=O)Nc1ccc(Cl)cc1)N(C)CC3)OCO2. The van der Waals surface area contributed by atoms with Crippen molar-refractivity contribution >= 4 is 23.2 Å². The van der Waals surface area contributed by atoms with Gasteiger partial charge in [0.05, 0.1) is 7.11 Å². The molecular formula is C19H19ClN2O4. The van der Waals surface area contributed by atoms with Crippen LogP contribution in [0.15, 0.2) is 30.3 Å². The number of hydrogen-bond acceptors (Lipinski definition) is 5. The minimum absolute atomic E-state index is 0.132. The van der Waals surface area contributed by atoms with Crippen LogP contribution in [0.3, 0.4) is 0 Å². The van der Waals surface area contributed by atoms with Crippen molar-refractivity contribution in [2.45, 2.75) is 12.5 Å². The van der Waals surface area contributed by atoms with E-state index in [1.165, 1.54) is 0 Å². The summed E-state index contributed by atoms with van der Waals surface area (Å²) in [7, 11) is 3.51. The number of nitrogens with zero attached hydrogens (tertiary/aromatic N) is 1. The van der Waals surface area contributed by atoms with Gasteiger partial charge in [-0.1, -0.05) is 11.6 Å². The highest BCUT2D eigenvalue weighted by Crippen LogP contribution is 2.49. The average molecular weight is 375 g/mol. The zero-order valence-corrected chi connectivity index (χ0v) is 15.3. The van der Waals surface area contributed by atoms with Gasteiger partial charge in [-0.25, -0.2) is 0 Å². The molecule has 6 nitrogen and oxygen atoms in total. The minimum atomic E-state index is -0.487. The molecule has 2 heterocycles. The van der Waals surface area contributed by atoms with Gasteiger partial charge in [0.1, 0.15) is 6.04 Å². The summed E-state index contributed by atoms with van der Waals surface area (Å²) < 4.78 is 16.7. The molecule has 1 atom stereocenters. The molecule has 0 spiro atoms. The second-order valence-electron chi connectivity index (χ2n) is 6.35.